The van der Waals surface area contributed by atoms with Crippen LogP contribution in [0.1, 0.15) is 16.1 Å². The van der Waals surface area contributed by atoms with Gasteiger partial charge in [0.2, 0.25) is 0 Å². The molecule has 26 heavy (non-hydrogen) atoms. The highest BCUT2D eigenvalue weighted by Gasteiger charge is 2.09. The van der Waals surface area contributed by atoms with Crippen LogP contribution in [0.5, 0.6) is 5.75 Å². The van der Waals surface area contributed by atoms with E-state index in [-0.39, 0.29) is 5.91 Å². The van der Waals surface area contributed by atoms with Gasteiger partial charge in [0.1, 0.15) is 18.0 Å². The summed E-state index contributed by atoms with van der Waals surface area (Å²) in [7, 11) is 1.80. The van der Waals surface area contributed by atoms with Crippen LogP contribution in [0.3, 0.4) is 0 Å². The zero-order chi connectivity index (χ0) is 17.9. The van der Waals surface area contributed by atoms with E-state index in [2.05, 4.69) is 15.4 Å². The van der Waals surface area contributed by atoms with E-state index in [4.69, 9.17) is 4.74 Å². The van der Waals surface area contributed by atoms with Crippen molar-refractivity contribution < 1.29 is 9.53 Å². The topological polar surface area (TPSA) is 73.5 Å². The second kappa shape index (κ2) is 6.72. The lowest BCUT2D eigenvalue weighted by molar-refractivity contribution is 0.102. The maximum atomic E-state index is 12.3. The average molecular weight is 347 g/mol. The molecule has 1 aromatic carbocycles. The van der Waals surface area contributed by atoms with Crippen molar-refractivity contribution in [3.63, 3.8) is 0 Å². The summed E-state index contributed by atoms with van der Waals surface area (Å²) in [5.41, 5.74) is 2.85. The first-order valence-corrected chi connectivity index (χ1v) is 8.13. The molecule has 3 heterocycles. The van der Waals surface area contributed by atoms with Crippen LogP contribution in [-0.2, 0) is 13.7 Å². The minimum Gasteiger partial charge on any atom is -0.487 e. The van der Waals surface area contributed by atoms with E-state index in [9.17, 15) is 4.79 Å². The Balaban J connectivity index is 1.44. The van der Waals surface area contributed by atoms with Crippen molar-refractivity contribution in [3.05, 3.63) is 78.5 Å². The van der Waals surface area contributed by atoms with Crippen LogP contribution < -0.4 is 10.1 Å². The van der Waals surface area contributed by atoms with Crippen molar-refractivity contribution in [1.82, 2.24) is 19.2 Å². The molecule has 0 radical (unpaired) electrons. The lowest BCUT2D eigenvalue weighted by Gasteiger charge is -2.07. The zero-order valence-corrected chi connectivity index (χ0v) is 14.2. The Bertz CT molecular complexity index is 1030. The smallest absolute Gasteiger partial charge is 0.255 e. The van der Waals surface area contributed by atoms with E-state index >= 15 is 0 Å². The van der Waals surface area contributed by atoms with Gasteiger partial charge in [0.25, 0.3) is 5.91 Å². The minimum absolute atomic E-state index is 0.212. The standard InChI is InChI=1S/C19H17N5O2/c1-23-11-15(10-20-23)22-19(25)14-5-4-6-17(9-14)26-13-16-12-24-8-3-2-7-18(24)21-16/h2-12H,13H2,1H3,(H,22,25). The molecule has 0 aliphatic carbocycles. The maximum Gasteiger partial charge on any atom is 0.255 e. The van der Waals surface area contributed by atoms with Crippen LogP contribution >= 0.6 is 0 Å². The number of hydrogen-bond acceptors (Lipinski definition) is 4. The van der Waals surface area contributed by atoms with Gasteiger partial charge in [-0.3, -0.25) is 9.48 Å². The second-order valence-corrected chi connectivity index (χ2v) is 5.87. The number of nitrogens with zero attached hydrogens (tertiary/aromatic N) is 4. The zero-order valence-electron chi connectivity index (χ0n) is 14.2. The molecule has 0 unspecified atom stereocenters. The molecule has 7 nitrogen and oxygen atoms in total. The minimum atomic E-state index is -0.212. The molecule has 0 aliphatic heterocycles. The van der Waals surface area contributed by atoms with Crippen LogP contribution in [-0.4, -0.2) is 25.1 Å². The molecule has 0 saturated heterocycles. The molecular formula is C19H17N5O2. The van der Waals surface area contributed by atoms with Crippen LogP contribution in [0.4, 0.5) is 5.69 Å². The lowest BCUT2D eigenvalue weighted by atomic mass is 10.2. The monoisotopic (exact) mass is 347 g/mol. The number of imidazole rings is 1. The molecule has 1 N–H and O–H groups in total. The Labute approximate surface area is 149 Å². The Hall–Kier alpha value is -3.61. The van der Waals surface area contributed by atoms with Crippen molar-refractivity contribution in [2.75, 3.05) is 5.32 Å². The van der Waals surface area contributed by atoms with Gasteiger partial charge in [-0.15, -0.1) is 0 Å². The SMILES string of the molecule is Cn1cc(NC(=O)c2cccc(OCc3cn4ccccc4n3)c2)cn1. The largest absolute Gasteiger partial charge is 0.487 e. The third kappa shape index (κ3) is 3.41. The number of anilines is 1. The number of rotatable bonds is 5. The van der Waals surface area contributed by atoms with E-state index < -0.39 is 0 Å². The molecule has 1 amide bonds. The summed E-state index contributed by atoms with van der Waals surface area (Å²) in [6.45, 7) is 0.329. The molecule has 3 aromatic heterocycles. The van der Waals surface area contributed by atoms with E-state index in [1.54, 1.807) is 42.3 Å². The number of hydrogen-bond donors (Lipinski definition) is 1. The number of pyridine rings is 1. The number of aromatic nitrogens is 4. The van der Waals surface area contributed by atoms with E-state index in [0.29, 0.717) is 23.6 Å². The second-order valence-electron chi connectivity index (χ2n) is 5.87. The summed E-state index contributed by atoms with van der Waals surface area (Å²) >= 11 is 0. The fourth-order valence-corrected chi connectivity index (χ4v) is 2.63. The summed E-state index contributed by atoms with van der Waals surface area (Å²) in [5.74, 6) is 0.400. The Morgan fingerprint density at radius 3 is 2.92 bits per heavy atom. The summed E-state index contributed by atoms with van der Waals surface area (Å²) in [5, 5.41) is 6.83. The Morgan fingerprint density at radius 1 is 1.19 bits per heavy atom. The molecule has 0 spiro atoms. The molecule has 0 aliphatic rings. The normalized spacial score (nSPS) is 10.8. The van der Waals surface area contributed by atoms with E-state index in [1.165, 1.54) is 0 Å². The number of ether oxygens (including phenoxy) is 1. The fourth-order valence-electron chi connectivity index (χ4n) is 2.63. The predicted octanol–water partition coefficient (Wildman–Crippen LogP) is 2.90. The number of fused-ring (bicyclic) bond motifs is 1. The Morgan fingerprint density at radius 2 is 2.12 bits per heavy atom. The molecular weight excluding hydrogens is 330 g/mol. The summed E-state index contributed by atoms with van der Waals surface area (Å²) in [6.07, 6.45) is 7.20. The first-order chi connectivity index (χ1) is 12.7. The quantitative estimate of drug-likeness (QED) is 0.602. The molecule has 4 rings (SSSR count). The maximum absolute atomic E-state index is 12.3. The highest BCUT2D eigenvalue weighted by molar-refractivity contribution is 6.04. The lowest BCUT2D eigenvalue weighted by Crippen LogP contribution is -2.11. The first kappa shape index (κ1) is 15.9. The van der Waals surface area contributed by atoms with Gasteiger partial charge in [-0.25, -0.2) is 4.98 Å². The van der Waals surface area contributed by atoms with Crippen LogP contribution in [0, 0.1) is 0 Å². The van der Waals surface area contributed by atoms with Crippen molar-refractivity contribution in [3.8, 4) is 5.75 Å². The number of amides is 1. The number of nitrogens with one attached hydrogen (secondary N) is 1. The van der Waals surface area contributed by atoms with Gasteiger partial charge in [0.15, 0.2) is 0 Å². The van der Waals surface area contributed by atoms with Gasteiger partial charge in [-0.05, 0) is 30.3 Å². The van der Waals surface area contributed by atoms with Gasteiger partial charge in [-0.2, -0.15) is 5.10 Å². The van der Waals surface area contributed by atoms with Gasteiger partial charge in [0.05, 0.1) is 17.6 Å². The van der Waals surface area contributed by atoms with Crippen LogP contribution in [0.25, 0.3) is 5.65 Å². The molecule has 0 atom stereocenters. The van der Waals surface area contributed by atoms with Gasteiger partial charge < -0.3 is 14.5 Å². The number of benzene rings is 1. The third-order valence-corrected chi connectivity index (χ3v) is 3.86. The highest BCUT2D eigenvalue weighted by atomic mass is 16.5. The van der Waals surface area contributed by atoms with Crippen LogP contribution in [0.2, 0.25) is 0 Å². The fraction of sp³-hybridized carbons (Fsp3) is 0.105. The molecule has 7 heteroatoms. The summed E-state index contributed by atoms with van der Waals surface area (Å²) < 4.78 is 9.36. The molecule has 0 bridgehead atoms. The van der Waals surface area contributed by atoms with Gasteiger partial charge >= 0.3 is 0 Å². The van der Waals surface area contributed by atoms with Crippen LogP contribution in [0.15, 0.2) is 67.3 Å². The number of carbonyl (C=O) groups excluding carboxylic acids is 1. The van der Waals surface area contributed by atoms with Crippen molar-refractivity contribution in [2.24, 2.45) is 7.05 Å². The first-order valence-electron chi connectivity index (χ1n) is 8.13. The average Bonchev–Trinajstić information content (AvgIpc) is 3.25. The van der Waals surface area contributed by atoms with E-state index in [0.717, 1.165) is 11.3 Å². The number of carbonyl (C=O) groups is 1. The van der Waals surface area contributed by atoms with Crippen molar-refractivity contribution in [2.45, 2.75) is 6.61 Å². The van der Waals surface area contributed by atoms with Gasteiger partial charge in [0, 0.05) is 31.2 Å². The summed E-state index contributed by atoms with van der Waals surface area (Å²) in [4.78, 5) is 16.8. The predicted molar refractivity (Wildman–Crippen MR) is 97.1 cm³/mol. The van der Waals surface area contributed by atoms with Gasteiger partial charge in [-0.1, -0.05) is 12.1 Å². The molecule has 130 valence electrons. The summed E-state index contributed by atoms with van der Waals surface area (Å²) in [6, 6.07) is 12.9. The molecule has 0 saturated carbocycles. The Kier molecular flexibility index (Phi) is 4.10. The van der Waals surface area contributed by atoms with E-state index in [1.807, 2.05) is 41.1 Å². The molecule has 0 fully saturated rings. The molecule has 4 aromatic rings. The van der Waals surface area contributed by atoms with Crippen molar-refractivity contribution >= 4 is 17.2 Å². The highest BCUT2D eigenvalue weighted by Crippen LogP contribution is 2.17. The number of aryl methyl sites for hydroxylation is 1. The third-order valence-electron chi connectivity index (χ3n) is 3.86. The van der Waals surface area contributed by atoms with Crippen molar-refractivity contribution in [1.29, 1.82) is 0 Å².